The Bertz CT molecular complexity index is 510. The topological polar surface area (TPSA) is 35.6 Å². The normalized spacial score (nSPS) is 28.0. The number of carbonyl (C=O) groups excluding carboxylic acids is 1. The quantitative estimate of drug-likeness (QED) is 0.920. The van der Waals surface area contributed by atoms with Crippen molar-refractivity contribution in [3.05, 3.63) is 35.9 Å². The van der Waals surface area contributed by atoms with Gasteiger partial charge in [0.05, 0.1) is 6.17 Å². The van der Waals surface area contributed by atoms with E-state index in [0.717, 1.165) is 12.1 Å². The number of benzene rings is 1. The molecule has 1 amide bonds. The van der Waals surface area contributed by atoms with Crippen LogP contribution in [-0.4, -0.2) is 48.1 Å². The van der Waals surface area contributed by atoms with E-state index >= 15 is 0 Å². The first-order valence-corrected chi connectivity index (χ1v) is 7.82. The van der Waals surface area contributed by atoms with Gasteiger partial charge in [0, 0.05) is 12.1 Å². The number of carbonyl (C=O) groups is 1. The number of rotatable bonds is 4. The molecular formula is C17H25N3O. The standard InChI is InChI=1S/C17H25N3O/c1-13-18-15(14-8-5-4-6-9-14)16(21)20(13)12-17(19(2)3)10-7-11-17/h4-6,8-9,13,15,18H,7,10-12H2,1-3H3. The maximum Gasteiger partial charge on any atom is 0.245 e. The Balaban J connectivity index is 1.77. The van der Waals surface area contributed by atoms with Crippen LogP contribution in [0.4, 0.5) is 0 Å². The van der Waals surface area contributed by atoms with E-state index in [0.29, 0.717) is 0 Å². The number of amides is 1. The molecule has 4 nitrogen and oxygen atoms in total. The van der Waals surface area contributed by atoms with E-state index in [4.69, 9.17) is 0 Å². The molecule has 1 aromatic carbocycles. The SMILES string of the molecule is CC1NC(c2ccccc2)C(=O)N1CC1(N(C)C)CCC1. The average Bonchev–Trinajstić information content (AvgIpc) is 2.70. The summed E-state index contributed by atoms with van der Waals surface area (Å²) in [6.07, 6.45) is 3.74. The van der Waals surface area contributed by atoms with Gasteiger partial charge in [-0.25, -0.2) is 0 Å². The lowest BCUT2D eigenvalue weighted by molar-refractivity contribution is -0.132. The summed E-state index contributed by atoms with van der Waals surface area (Å²) in [7, 11) is 4.26. The highest BCUT2D eigenvalue weighted by Gasteiger charge is 2.46. The molecule has 1 aliphatic heterocycles. The van der Waals surface area contributed by atoms with Gasteiger partial charge in [0.25, 0.3) is 0 Å². The van der Waals surface area contributed by atoms with Gasteiger partial charge in [-0.1, -0.05) is 30.3 Å². The highest BCUT2D eigenvalue weighted by atomic mass is 16.2. The van der Waals surface area contributed by atoms with E-state index in [2.05, 4.69) is 31.2 Å². The molecule has 1 heterocycles. The Morgan fingerprint density at radius 3 is 2.48 bits per heavy atom. The second-order valence-electron chi connectivity index (χ2n) is 6.62. The van der Waals surface area contributed by atoms with Crippen molar-refractivity contribution in [3.63, 3.8) is 0 Å². The largest absolute Gasteiger partial charge is 0.324 e. The van der Waals surface area contributed by atoms with Gasteiger partial charge < -0.3 is 9.80 Å². The van der Waals surface area contributed by atoms with E-state index in [1.54, 1.807) is 0 Å². The van der Waals surface area contributed by atoms with Crippen LogP contribution in [0.25, 0.3) is 0 Å². The molecule has 4 heteroatoms. The molecule has 1 saturated heterocycles. The third-order valence-corrected chi connectivity index (χ3v) is 5.24. The highest BCUT2D eigenvalue weighted by Crippen LogP contribution is 2.38. The van der Waals surface area contributed by atoms with E-state index in [-0.39, 0.29) is 23.7 Å². The first kappa shape index (κ1) is 14.5. The molecule has 1 N–H and O–H groups in total. The first-order valence-electron chi connectivity index (χ1n) is 7.82. The average molecular weight is 287 g/mol. The fraction of sp³-hybridized carbons (Fsp3) is 0.588. The van der Waals surface area contributed by atoms with Crippen LogP contribution in [0.5, 0.6) is 0 Å². The minimum absolute atomic E-state index is 0.0973. The van der Waals surface area contributed by atoms with Gasteiger partial charge in [0.1, 0.15) is 6.04 Å². The molecule has 2 unspecified atom stereocenters. The Labute approximate surface area is 127 Å². The van der Waals surface area contributed by atoms with Crippen LogP contribution in [0.1, 0.15) is 37.8 Å². The fourth-order valence-electron chi connectivity index (χ4n) is 3.51. The number of hydrogen-bond acceptors (Lipinski definition) is 3. The Kier molecular flexibility index (Phi) is 3.76. The highest BCUT2D eigenvalue weighted by molar-refractivity contribution is 5.85. The minimum Gasteiger partial charge on any atom is -0.324 e. The Hall–Kier alpha value is -1.39. The summed E-state index contributed by atoms with van der Waals surface area (Å²) >= 11 is 0. The maximum atomic E-state index is 12.8. The lowest BCUT2D eigenvalue weighted by Crippen LogP contribution is -2.58. The molecule has 2 fully saturated rings. The van der Waals surface area contributed by atoms with Crippen LogP contribution < -0.4 is 5.32 Å². The van der Waals surface area contributed by atoms with Crippen molar-refractivity contribution in [2.24, 2.45) is 0 Å². The van der Waals surface area contributed by atoms with Crippen molar-refractivity contribution < 1.29 is 4.79 Å². The van der Waals surface area contributed by atoms with Gasteiger partial charge in [0.2, 0.25) is 5.91 Å². The lowest BCUT2D eigenvalue weighted by Gasteiger charge is -2.49. The van der Waals surface area contributed by atoms with E-state index in [1.165, 1.54) is 19.3 Å². The minimum atomic E-state index is -0.194. The van der Waals surface area contributed by atoms with Gasteiger partial charge >= 0.3 is 0 Å². The van der Waals surface area contributed by atoms with Crippen molar-refractivity contribution >= 4 is 5.91 Å². The molecule has 0 spiro atoms. The lowest BCUT2D eigenvalue weighted by atomic mass is 9.75. The second-order valence-corrected chi connectivity index (χ2v) is 6.62. The first-order chi connectivity index (χ1) is 10.0. The van der Waals surface area contributed by atoms with Crippen molar-refractivity contribution in [2.45, 2.75) is 43.9 Å². The molecular weight excluding hydrogens is 262 g/mol. The van der Waals surface area contributed by atoms with E-state index in [9.17, 15) is 4.79 Å². The van der Waals surface area contributed by atoms with Gasteiger partial charge in [-0.15, -0.1) is 0 Å². The molecule has 1 aliphatic carbocycles. The van der Waals surface area contributed by atoms with Gasteiger partial charge in [0.15, 0.2) is 0 Å². The summed E-state index contributed by atoms with van der Waals surface area (Å²) in [5, 5.41) is 3.44. The van der Waals surface area contributed by atoms with Gasteiger partial charge in [-0.3, -0.25) is 10.1 Å². The summed E-state index contributed by atoms with van der Waals surface area (Å²) in [6.45, 7) is 2.92. The zero-order valence-corrected chi connectivity index (χ0v) is 13.2. The van der Waals surface area contributed by atoms with Crippen LogP contribution >= 0.6 is 0 Å². The third-order valence-electron chi connectivity index (χ3n) is 5.24. The predicted octanol–water partition coefficient (Wildman–Crippen LogP) is 1.99. The van der Waals surface area contributed by atoms with Crippen LogP contribution in [0.15, 0.2) is 30.3 Å². The van der Waals surface area contributed by atoms with Crippen LogP contribution in [0.2, 0.25) is 0 Å². The number of nitrogens with one attached hydrogen (secondary N) is 1. The van der Waals surface area contributed by atoms with Crippen molar-refractivity contribution in [2.75, 3.05) is 20.6 Å². The molecule has 114 valence electrons. The summed E-state index contributed by atoms with van der Waals surface area (Å²) < 4.78 is 0. The molecule has 0 bridgehead atoms. The van der Waals surface area contributed by atoms with Crippen LogP contribution in [0.3, 0.4) is 0 Å². The van der Waals surface area contributed by atoms with Gasteiger partial charge in [-0.05, 0) is 45.8 Å². The smallest absolute Gasteiger partial charge is 0.245 e. The summed E-state index contributed by atoms with van der Waals surface area (Å²) in [5.74, 6) is 0.210. The van der Waals surface area contributed by atoms with Gasteiger partial charge in [-0.2, -0.15) is 0 Å². The zero-order chi connectivity index (χ0) is 15.0. The van der Waals surface area contributed by atoms with Crippen molar-refractivity contribution in [3.8, 4) is 0 Å². The molecule has 2 aliphatic rings. The molecule has 1 aromatic rings. The number of hydrogen-bond donors (Lipinski definition) is 1. The Morgan fingerprint density at radius 1 is 1.29 bits per heavy atom. The van der Waals surface area contributed by atoms with Crippen molar-refractivity contribution in [1.82, 2.24) is 15.1 Å². The molecule has 3 rings (SSSR count). The predicted molar refractivity (Wildman–Crippen MR) is 83.8 cm³/mol. The zero-order valence-electron chi connectivity index (χ0n) is 13.2. The second kappa shape index (κ2) is 5.43. The molecule has 21 heavy (non-hydrogen) atoms. The third kappa shape index (κ3) is 2.47. The maximum absolute atomic E-state index is 12.8. The van der Waals surface area contributed by atoms with Crippen LogP contribution in [0, 0.1) is 0 Å². The number of nitrogens with zero attached hydrogens (tertiary/aromatic N) is 2. The monoisotopic (exact) mass is 287 g/mol. The number of likely N-dealkylation sites (N-methyl/N-ethyl adjacent to an activating group) is 1. The van der Waals surface area contributed by atoms with E-state index < -0.39 is 0 Å². The van der Waals surface area contributed by atoms with E-state index in [1.807, 2.05) is 35.2 Å². The summed E-state index contributed by atoms with van der Waals surface area (Å²) in [4.78, 5) is 17.1. The van der Waals surface area contributed by atoms with Crippen LogP contribution in [-0.2, 0) is 4.79 Å². The summed E-state index contributed by atoms with van der Waals surface area (Å²) in [5.41, 5.74) is 1.24. The molecule has 0 radical (unpaired) electrons. The molecule has 2 atom stereocenters. The Morgan fingerprint density at radius 2 is 1.95 bits per heavy atom. The molecule has 1 saturated carbocycles. The summed E-state index contributed by atoms with van der Waals surface area (Å²) in [6, 6.07) is 9.82. The van der Waals surface area contributed by atoms with Crippen molar-refractivity contribution in [1.29, 1.82) is 0 Å². The fourth-order valence-corrected chi connectivity index (χ4v) is 3.51. The molecule has 0 aromatic heterocycles.